The second-order valence-electron chi connectivity index (χ2n) is 5.34. The number of morpholine rings is 1. The molecule has 22 heavy (non-hydrogen) atoms. The average molecular weight is 309 g/mol. The van der Waals surface area contributed by atoms with Crippen LogP contribution in [0.5, 0.6) is 0 Å². The molecule has 1 aromatic carbocycles. The third-order valence-corrected chi connectivity index (χ3v) is 3.83. The standard InChI is InChI=1S/C15H23N3O4/c19-10-7-17(6-5-16-8-11-22-12-9-16)13-14-3-1-2-4-15(14)18(20)21/h1-4,19H,5-13H2. The van der Waals surface area contributed by atoms with E-state index < -0.39 is 0 Å². The van der Waals surface area contributed by atoms with Crippen LogP contribution < -0.4 is 0 Å². The number of nitro groups is 1. The van der Waals surface area contributed by atoms with Crippen molar-refractivity contribution in [3.8, 4) is 0 Å². The number of hydrogen-bond acceptors (Lipinski definition) is 6. The van der Waals surface area contributed by atoms with Gasteiger partial charge in [-0.25, -0.2) is 0 Å². The molecule has 0 radical (unpaired) electrons. The van der Waals surface area contributed by atoms with Crippen molar-refractivity contribution < 1.29 is 14.8 Å². The van der Waals surface area contributed by atoms with Crippen LogP contribution in [0.1, 0.15) is 5.56 Å². The Kier molecular flexibility index (Phi) is 6.73. The van der Waals surface area contributed by atoms with Crippen LogP contribution in [-0.2, 0) is 11.3 Å². The Morgan fingerprint density at radius 1 is 1.27 bits per heavy atom. The lowest BCUT2D eigenvalue weighted by atomic mass is 10.1. The SMILES string of the molecule is O=[N+]([O-])c1ccccc1CN(CCO)CCN1CCOCC1. The Balaban J connectivity index is 1.94. The van der Waals surface area contributed by atoms with Crippen molar-refractivity contribution in [2.45, 2.75) is 6.54 Å². The molecule has 0 bridgehead atoms. The average Bonchev–Trinajstić information content (AvgIpc) is 2.54. The minimum absolute atomic E-state index is 0.0454. The van der Waals surface area contributed by atoms with Gasteiger partial charge in [-0.15, -0.1) is 0 Å². The molecule has 2 rings (SSSR count). The predicted molar refractivity (Wildman–Crippen MR) is 82.7 cm³/mol. The van der Waals surface area contributed by atoms with Gasteiger partial charge < -0.3 is 9.84 Å². The first-order valence-corrected chi connectivity index (χ1v) is 7.56. The van der Waals surface area contributed by atoms with Gasteiger partial charge in [-0.1, -0.05) is 18.2 Å². The molecular weight excluding hydrogens is 286 g/mol. The van der Waals surface area contributed by atoms with E-state index in [9.17, 15) is 15.2 Å². The van der Waals surface area contributed by atoms with Crippen molar-refractivity contribution in [1.29, 1.82) is 0 Å². The molecule has 0 unspecified atom stereocenters. The van der Waals surface area contributed by atoms with Crippen LogP contribution in [0.4, 0.5) is 5.69 Å². The number of para-hydroxylation sites is 1. The quantitative estimate of drug-likeness (QED) is 0.563. The summed E-state index contributed by atoms with van der Waals surface area (Å²) in [5.74, 6) is 0. The first-order chi connectivity index (χ1) is 10.7. The zero-order valence-electron chi connectivity index (χ0n) is 12.7. The Labute approximate surface area is 130 Å². The van der Waals surface area contributed by atoms with Crippen molar-refractivity contribution in [2.24, 2.45) is 0 Å². The van der Waals surface area contributed by atoms with E-state index >= 15 is 0 Å². The fraction of sp³-hybridized carbons (Fsp3) is 0.600. The molecule has 1 aliphatic heterocycles. The summed E-state index contributed by atoms with van der Waals surface area (Å²) in [6.45, 7) is 6.02. The summed E-state index contributed by atoms with van der Waals surface area (Å²) in [7, 11) is 0. The van der Waals surface area contributed by atoms with E-state index in [1.165, 1.54) is 6.07 Å². The highest BCUT2D eigenvalue weighted by molar-refractivity contribution is 5.39. The molecule has 1 aromatic rings. The van der Waals surface area contributed by atoms with Gasteiger partial charge in [0.15, 0.2) is 0 Å². The Morgan fingerprint density at radius 2 is 2.00 bits per heavy atom. The van der Waals surface area contributed by atoms with Crippen LogP contribution in [0.3, 0.4) is 0 Å². The molecule has 1 aliphatic rings. The number of hydrogen-bond donors (Lipinski definition) is 1. The van der Waals surface area contributed by atoms with Gasteiger partial charge >= 0.3 is 0 Å². The number of ether oxygens (including phenoxy) is 1. The van der Waals surface area contributed by atoms with Crippen molar-refractivity contribution in [2.75, 3.05) is 52.5 Å². The van der Waals surface area contributed by atoms with Crippen LogP contribution in [-0.4, -0.2) is 72.4 Å². The molecule has 7 nitrogen and oxygen atoms in total. The van der Waals surface area contributed by atoms with E-state index in [4.69, 9.17) is 4.74 Å². The van der Waals surface area contributed by atoms with Crippen LogP contribution in [0.15, 0.2) is 24.3 Å². The maximum atomic E-state index is 11.1. The molecule has 0 amide bonds. The highest BCUT2D eigenvalue weighted by atomic mass is 16.6. The van der Waals surface area contributed by atoms with Crippen molar-refractivity contribution in [1.82, 2.24) is 9.80 Å². The fourth-order valence-electron chi connectivity index (χ4n) is 2.58. The molecular formula is C15H23N3O4. The van der Waals surface area contributed by atoms with E-state index in [1.54, 1.807) is 18.2 Å². The molecule has 0 aliphatic carbocycles. The van der Waals surface area contributed by atoms with E-state index in [2.05, 4.69) is 9.80 Å². The molecule has 0 aromatic heterocycles. The van der Waals surface area contributed by atoms with E-state index in [0.29, 0.717) is 18.7 Å². The maximum Gasteiger partial charge on any atom is 0.273 e. The lowest BCUT2D eigenvalue weighted by Crippen LogP contribution is -2.41. The van der Waals surface area contributed by atoms with Crippen molar-refractivity contribution in [3.63, 3.8) is 0 Å². The lowest BCUT2D eigenvalue weighted by Gasteiger charge is -2.29. The number of rotatable bonds is 8. The molecule has 122 valence electrons. The minimum atomic E-state index is -0.353. The summed E-state index contributed by atoms with van der Waals surface area (Å²) < 4.78 is 5.32. The molecule has 1 fully saturated rings. The van der Waals surface area contributed by atoms with E-state index in [-0.39, 0.29) is 17.2 Å². The van der Waals surface area contributed by atoms with Gasteiger partial charge in [-0.3, -0.25) is 19.9 Å². The van der Waals surface area contributed by atoms with Gasteiger partial charge in [0.2, 0.25) is 0 Å². The number of nitrogens with zero attached hydrogens (tertiary/aromatic N) is 3. The Morgan fingerprint density at radius 3 is 2.68 bits per heavy atom. The van der Waals surface area contributed by atoms with Gasteiger partial charge in [0, 0.05) is 50.9 Å². The lowest BCUT2D eigenvalue weighted by molar-refractivity contribution is -0.385. The normalized spacial score (nSPS) is 16.1. The molecule has 1 N–H and O–H groups in total. The molecule has 0 saturated carbocycles. The highest BCUT2D eigenvalue weighted by Crippen LogP contribution is 2.19. The summed E-state index contributed by atoms with van der Waals surface area (Å²) in [5.41, 5.74) is 0.819. The highest BCUT2D eigenvalue weighted by Gasteiger charge is 2.17. The number of nitro benzene ring substituents is 1. The molecule has 1 saturated heterocycles. The Bertz CT molecular complexity index is 478. The first kappa shape index (κ1) is 16.8. The summed E-state index contributed by atoms with van der Waals surface area (Å²) in [6.07, 6.45) is 0. The largest absolute Gasteiger partial charge is 0.395 e. The number of benzene rings is 1. The van der Waals surface area contributed by atoms with Gasteiger partial charge in [0.25, 0.3) is 5.69 Å². The predicted octanol–water partition coefficient (Wildman–Crippen LogP) is 0.721. The van der Waals surface area contributed by atoms with Crippen LogP contribution in [0, 0.1) is 10.1 Å². The van der Waals surface area contributed by atoms with Gasteiger partial charge in [0.1, 0.15) is 0 Å². The smallest absolute Gasteiger partial charge is 0.273 e. The molecule has 7 heteroatoms. The van der Waals surface area contributed by atoms with Crippen molar-refractivity contribution in [3.05, 3.63) is 39.9 Å². The van der Waals surface area contributed by atoms with Gasteiger partial charge in [-0.05, 0) is 0 Å². The van der Waals surface area contributed by atoms with E-state index in [0.717, 1.165) is 39.4 Å². The second kappa shape index (κ2) is 8.79. The van der Waals surface area contributed by atoms with E-state index in [1.807, 2.05) is 0 Å². The summed E-state index contributed by atoms with van der Waals surface area (Å²) in [4.78, 5) is 15.1. The fourth-order valence-corrected chi connectivity index (χ4v) is 2.58. The molecule has 0 spiro atoms. The van der Waals surface area contributed by atoms with Crippen LogP contribution in [0.25, 0.3) is 0 Å². The molecule has 1 heterocycles. The topological polar surface area (TPSA) is 79.1 Å². The van der Waals surface area contributed by atoms with Gasteiger partial charge in [-0.2, -0.15) is 0 Å². The first-order valence-electron chi connectivity index (χ1n) is 7.56. The molecule has 0 atom stereocenters. The Hall–Kier alpha value is -1.54. The minimum Gasteiger partial charge on any atom is -0.395 e. The summed E-state index contributed by atoms with van der Waals surface area (Å²) in [6, 6.07) is 6.78. The number of aliphatic hydroxyl groups is 1. The van der Waals surface area contributed by atoms with Gasteiger partial charge in [0.05, 0.1) is 24.7 Å². The van der Waals surface area contributed by atoms with Crippen LogP contribution in [0.2, 0.25) is 0 Å². The second-order valence-corrected chi connectivity index (χ2v) is 5.34. The van der Waals surface area contributed by atoms with Crippen molar-refractivity contribution >= 4 is 5.69 Å². The summed E-state index contributed by atoms with van der Waals surface area (Å²) >= 11 is 0. The monoisotopic (exact) mass is 309 g/mol. The zero-order chi connectivity index (χ0) is 15.8. The number of aliphatic hydroxyl groups excluding tert-OH is 1. The summed E-state index contributed by atoms with van der Waals surface area (Å²) in [5, 5.41) is 20.3. The zero-order valence-corrected chi connectivity index (χ0v) is 12.7. The third kappa shape index (κ3) is 5.03. The van der Waals surface area contributed by atoms with Crippen LogP contribution >= 0.6 is 0 Å². The maximum absolute atomic E-state index is 11.1. The third-order valence-electron chi connectivity index (χ3n) is 3.83.